The lowest BCUT2D eigenvalue weighted by Crippen LogP contribution is -2.41. The van der Waals surface area contributed by atoms with Crippen molar-refractivity contribution in [3.8, 4) is 0 Å². The summed E-state index contributed by atoms with van der Waals surface area (Å²) in [5, 5.41) is 6.89. The predicted molar refractivity (Wildman–Crippen MR) is 90.8 cm³/mol. The van der Waals surface area contributed by atoms with E-state index in [1.807, 2.05) is 0 Å². The van der Waals surface area contributed by atoms with Crippen molar-refractivity contribution in [1.29, 1.82) is 0 Å². The molecular weight excluding hydrogens is 295 g/mol. The summed E-state index contributed by atoms with van der Waals surface area (Å²) >= 11 is 11.8. The van der Waals surface area contributed by atoms with Gasteiger partial charge in [0.15, 0.2) is 0 Å². The second kappa shape index (κ2) is 14.4. The molecule has 6 N–H and O–H groups in total. The van der Waals surface area contributed by atoms with E-state index < -0.39 is 0 Å². The Morgan fingerprint density at radius 2 is 1.35 bits per heavy atom. The number of hydrogen-bond donors (Lipinski definition) is 4. The SMILES string of the molecule is NCCCNCCCCNCC(CN)(CCCl)CCCl. The minimum Gasteiger partial charge on any atom is -0.330 e. The molecule has 0 aliphatic carbocycles. The van der Waals surface area contributed by atoms with E-state index in [1.54, 1.807) is 0 Å². The molecule has 0 aromatic carbocycles. The van der Waals surface area contributed by atoms with E-state index in [0.29, 0.717) is 18.3 Å². The predicted octanol–water partition coefficient (Wildman–Crippen LogP) is 1.50. The normalized spacial score (nSPS) is 12.0. The zero-order chi connectivity index (χ0) is 15.1. The molecule has 0 rings (SSSR count). The van der Waals surface area contributed by atoms with Gasteiger partial charge in [-0.05, 0) is 70.2 Å². The summed E-state index contributed by atoms with van der Waals surface area (Å²) in [4.78, 5) is 0. The number of hydrogen-bond acceptors (Lipinski definition) is 4. The van der Waals surface area contributed by atoms with Crippen LogP contribution in [0, 0.1) is 5.41 Å². The van der Waals surface area contributed by atoms with Crippen molar-refractivity contribution in [3.63, 3.8) is 0 Å². The number of nitrogens with two attached hydrogens (primary N) is 2. The fraction of sp³-hybridized carbons (Fsp3) is 1.00. The lowest BCUT2D eigenvalue weighted by atomic mass is 9.82. The smallest absolute Gasteiger partial charge is 0.0229 e. The maximum Gasteiger partial charge on any atom is 0.0229 e. The van der Waals surface area contributed by atoms with Crippen LogP contribution in [-0.4, -0.2) is 51.0 Å². The molecule has 0 aromatic rings. The Morgan fingerprint density at radius 1 is 0.800 bits per heavy atom. The van der Waals surface area contributed by atoms with Crippen molar-refractivity contribution < 1.29 is 0 Å². The summed E-state index contributed by atoms with van der Waals surface area (Å²) in [6.45, 7) is 5.41. The number of halogens is 2. The first kappa shape index (κ1) is 20.4. The molecule has 0 amide bonds. The van der Waals surface area contributed by atoms with Crippen molar-refractivity contribution in [2.45, 2.75) is 32.1 Å². The van der Waals surface area contributed by atoms with Gasteiger partial charge in [-0.25, -0.2) is 0 Å². The molecule has 0 aliphatic heterocycles. The summed E-state index contributed by atoms with van der Waals surface area (Å²) in [6, 6.07) is 0. The molecular formula is C14H32Cl2N4. The number of alkyl halides is 2. The van der Waals surface area contributed by atoms with Gasteiger partial charge in [-0.2, -0.15) is 0 Å². The van der Waals surface area contributed by atoms with Crippen LogP contribution in [0.1, 0.15) is 32.1 Å². The van der Waals surface area contributed by atoms with Gasteiger partial charge in [0.1, 0.15) is 0 Å². The fourth-order valence-corrected chi connectivity index (χ4v) is 2.99. The van der Waals surface area contributed by atoms with Crippen molar-refractivity contribution >= 4 is 23.2 Å². The van der Waals surface area contributed by atoms with Crippen molar-refractivity contribution in [2.75, 3.05) is 51.0 Å². The van der Waals surface area contributed by atoms with Crippen LogP contribution >= 0.6 is 23.2 Å². The van der Waals surface area contributed by atoms with E-state index in [4.69, 9.17) is 34.7 Å². The first-order valence-corrected chi connectivity index (χ1v) is 8.75. The van der Waals surface area contributed by atoms with Gasteiger partial charge in [0, 0.05) is 18.3 Å². The minimum absolute atomic E-state index is 0.0584. The zero-order valence-corrected chi connectivity index (χ0v) is 14.1. The molecule has 0 spiro atoms. The molecule has 0 saturated heterocycles. The van der Waals surface area contributed by atoms with Gasteiger partial charge in [-0.15, -0.1) is 23.2 Å². The number of unbranched alkanes of at least 4 members (excludes halogenated alkanes) is 1. The standard InChI is InChI=1S/C14H32Cl2N4/c15-6-4-14(12-18,5-7-16)13-20-10-2-1-9-19-11-3-8-17/h19-20H,1-13,17-18H2. The zero-order valence-electron chi connectivity index (χ0n) is 12.6. The van der Waals surface area contributed by atoms with Gasteiger partial charge < -0.3 is 22.1 Å². The van der Waals surface area contributed by atoms with Gasteiger partial charge in [0.05, 0.1) is 0 Å². The molecule has 0 unspecified atom stereocenters. The van der Waals surface area contributed by atoms with Crippen molar-refractivity contribution in [1.82, 2.24) is 10.6 Å². The van der Waals surface area contributed by atoms with E-state index in [2.05, 4.69) is 10.6 Å². The third-order valence-electron chi connectivity index (χ3n) is 3.70. The van der Waals surface area contributed by atoms with E-state index >= 15 is 0 Å². The second-order valence-corrected chi connectivity index (χ2v) is 6.11. The fourth-order valence-electron chi connectivity index (χ4n) is 2.18. The van der Waals surface area contributed by atoms with Gasteiger partial charge in [-0.3, -0.25) is 0 Å². The van der Waals surface area contributed by atoms with E-state index in [-0.39, 0.29) is 5.41 Å². The Labute approximate surface area is 134 Å². The number of nitrogens with one attached hydrogen (secondary N) is 2. The Balaban J connectivity index is 3.62. The van der Waals surface area contributed by atoms with Crippen LogP contribution in [0.3, 0.4) is 0 Å². The molecule has 0 aliphatic rings. The van der Waals surface area contributed by atoms with Gasteiger partial charge in [0.25, 0.3) is 0 Å². The highest BCUT2D eigenvalue weighted by molar-refractivity contribution is 6.18. The molecule has 122 valence electrons. The topological polar surface area (TPSA) is 76.1 Å². The van der Waals surface area contributed by atoms with Crippen LogP contribution in [0.15, 0.2) is 0 Å². The molecule has 0 aromatic heterocycles. The molecule has 4 nitrogen and oxygen atoms in total. The monoisotopic (exact) mass is 326 g/mol. The molecule has 6 heteroatoms. The highest BCUT2D eigenvalue weighted by Gasteiger charge is 2.26. The minimum atomic E-state index is 0.0584. The van der Waals surface area contributed by atoms with Crippen molar-refractivity contribution in [3.05, 3.63) is 0 Å². The summed E-state index contributed by atoms with van der Waals surface area (Å²) in [7, 11) is 0. The third kappa shape index (κ3) is 10.2. The van der Waals surface area contributed by atoms with Crippen molar-refractivity contribution in [2.24, 2.45) is 16.9 Å². The van der Waals surface area contributed by atoms with Gasteiger partial charge in [0.2, 0.25) is 0 Å². The Hall–Kier alpha value is 0.420. The summed E-state index contributed by atoms with van der Waals surface area (Å²) in [6.07, 6.45) is 5.24. The molecule has 0 fully saturated rings. The largest absolute Gasteiger partial charge is 0.330 e. The first-order valence-electron chi connectivity index (χ1n) is 7.68. The Morgan fingerprint density at radius 3 is 1.85 bits per heavy atom. The highest BCUT2D eigenvalue weighted by atomic mass is 35.5. The summed E-state index contributed by atoms with van der Waals surface area (Å²) in [5.41, 5.74) is 11.4. The quantitative estimate of drug-likeness (QED) is 0.272. The molecule has 0 saturated carbocycles. The Bertz CT molecular complexity index is 200. The van der Waals surface area contributed by atoms with E-state index in [1.165, 1.54) is 6.42 Å². The van der Waals surface area contributed by atoms with E-state index in [0.717, 1.165) is 58.4 Å². The van der Waals surface area contributed by atoms with Gasteiger partial charge >= 0.3 is 0 Å². The lowest BCUT2D eigenvalue weighted by molar-refractivity contribution is 0.262. The van der Waals surface area contributed by atoms with Crippen LogP contribution in [0.2, 0.25) is 0 Å². The van der Waals surface area contributed by atoms with Crippen LogP contribution in [0.4, 0.5) is 0 Å². The summed E-state index contributed by atoms with van der Waals surface area (Å²) < 4.78 is 0. The van der Waals surface area contributed by atoms with Crippen LogP contribution in [0.25, 0.3) is 0 Å². The lowest BCUT2D eigenvalue weighted by Gasteiger charge is -2.31. The molecule has 0 radical (unpaired) electrons. The van der Waals surface area contributed by atoms with Crippen LogP contribution in [0.5, 0.6) is 0 Å². The van der Waals surface area contributed by atoms with E-state index in [9.17, 15) is 0 Å². The van der Waals surface area contributed by atoms with Crippen LogP contribution in [-0.2, 0) is 0 Å². The average molecular weight is 327 g/mol. The summed E-state index contributed by atoms with van der Waals surface area (Å²) in [5.74, 6) is 1.28. The highest BCUT2D eigenvalue weighted by Crippen LogP contribution is 2.25. The molecule has 0 heterocycles. The number of rotatable bonds is 15. The maximum atomic E-state index is 5.91. The maximum absolute atomic E-state index is 5.91. The Kier molecular flexibility index (Phi) is 14.7. The molecule has 0 atom stereocenters. The van der Waals surface area contributed by atoms with Crippen LogP contribution < -0.4 is 22.1 Å². The molecule has 0 bridgehead atoms. The third-order valence-corrected chi connectivity index (χ3v) is 4.08. The second-order valence-electron chi connectivity index (χ2n) is 5.36. The first-order chi connectivity index (χ1) is 9.74. The average Bonchev–Trinajstić information content (AvgIpc) is 2.46. The molecule has 20 heavy (non-hydrogen) atoms. The van der Waals surface area contributed by atoms with Gasteiger partial charge in [-0.1, -0.05) is 0 Å².